The van der Waals surface area contributed by atoms with E-state index in [1.807, 2.05) is 0 Å². The Labute approximate surface area is 155 Å². The summed E-state index contributed by atoms with van der Waals surface area (Å²) in [5, 5.41) is 14.5. The number of nitrogens with zero attached hydrogens (tertiary/aromatic N) is 1. The molecule has 12 heteroatoms. The second kappa shape index (κ2) is 6.79. The van der Waals surface area contributed by atoms with Gasteiger partial charge in [-0.25, -0.2) is 4.79 Å². The maximum Gasteiger partial charge on any atom is 0.492 e. The van der Waals surface area contributed by atoms with E-state index in [4.69, 9.17) is 14.2 Å². The monoisotopic (exact) mass is 399 g/mol. The Hall–Kier alpha value is -3.70. The predicted molar refractivity (Wildman–Crippen MR) is 88.3 cm³/mol. The number of hydrogen-bond acceptors (Lipinski definition) is 6. The van der Waals surface area contributed by atoms with E-state index in [0.29, 0.717) is 0 Å². The molecule has 1 heterocycles. The fourth-order valence-electron chi connectivity index (χ4n) is 2.39. The van der Waals surface area contributed by atoms with Gasteiger partial charge in [0.1, 0.15) is 5.75 Å². The quantitative estimate of drug-likeness (QED) is 0.602. The average molecular weight is 399 g/mol. The van der Waals surface area contributed by atoms with Crippen LogP contribution in [0.2, 0.25) is 0 Å². The lowest BCUT2D eigenvalue weighted by atomic mass is 10.2. The number of nitro groups is 1. The van der Waals surface area contributed by atoms with Crippen molar-refractivity contribution in [1.29, 1.82) is 0 Å². The van der Waals surface area contributed by atoms with Gasteiger partial charge >= 0.3 is 18.1 Å². The minimum absolute atomic E-state index is 0.0987. The van der Waals surface area contributed by atoms with Crippen molar-refractivity contribution in [2.75, 3.05) is 12.4 Å². The molecule has 3 rings (SSSR count). The van der Waals surface area contributed by atoms with Crippen molar-refractivity contribution in [3.63, 3.8) is 0 Å². The van der Waals surface area contributed by atoms with Crippen LogP contribution in [0.5, 0.6) is 17.2 Å². The van der Waals surface area contributed by atoms with Crippen LogP contribution < -0.4 is 24.8 Å². The van der Waals surface area contributed by atoms with Gasteiger partial charge < -0.3 is 19.5 Å². The van der Waals surface area contributed by atoms with Gasteiger partial charge in [-0.15, -0.1) is 0 Å². The molecule has 28 heavy (non-hydrogen) atoms. The summed E-state index contributed by atoms with van der Waals surface area (Å²) in [5.74, 6) is -3.96. The summed E-state index contributed by atoms with van der Waals surface area (Å²) in [4.78, 5) is 22.3. The maximum atomic E-state index is 13.6. The molecule has 1 aliphatic heterocycles. The number of alkyl halides is 3. The van der Waals surface area contributed by atoms with Crippen LogP contribution in [0.25, 0.3) is 0 Å². The lowest BCUT2D eigenvalue weighted by Crippen LogP contribution is -2.65. The first-order valence-corrected chi connectivity index (χ1v) is 7.60. The molecule has 0 spiro atoms. The van der Waals surface area contributed by atoms with E-state index in [9.17, 15) is 28.1 Å². The van der Waals surface area contributed by atoms with Gasteiger partial charge in [0, 0.05) is 6.07 Å². The summed E-state index contributed by atoms with van der Waals surface area (Å²) >= 11 is 0. The molecule has 0 fully saturated rings. The van der Waals surface area contributed by atoms with Gasteiger partial charge in [-0.3, -0.25) is 15.4 Å². The van der Waals surface area contributed by atoms with Crippen LogP contribution in [-0.4, -0.2) is 30.2 Å². The van der Waals surface area contributed by atoms with E-state index >= 15 is 0 Å². The first-order valence-electron chi connectivity index (χ1n) is 7.60. The summed E-state index contributed by atoms with van der Waals surface area (Å²) in [7, 11) is 1.18. The number of benzene rings is 2. The first-order chi connectivity index (χ1) is 13.1. The van der Waals surface area contributed by atoms with E-state index in [1.54, 1.807) is 5.32 Å². The van der Waals surface area contributed by atoms with E-state index in [-0.39, 0.29) is 28.6 Å². The highest BCUT2D eigenvalue weighted by atomic mass is 19.4. The number of nitrogens with one attached hydrogen (secondary N) is 2. The van der Waals surface area contributed by atoms with E-state index in [1.165, 1.54) is 31.4 Å². The zero-order valence-electron chi connectivity index (χ0n) is 14.1. The zero-order chi connectivity index (χ0) is 20.5. The van der Waals surface area contributed by atoms with Crippen LogP contribution in [0.3, 0.4) is 0 Å². The molecule has 0 aliphatic carbocycles. The van der Waals surface area contributed by atoms with E-state index in [0.717, 1.165) is 18.2 Å². The number of halogens is 3. The standard InChI is InChI=1S/C16H12F3N3O6/c1-26-13-8-9(22(24)25)6-7-10(13)20-14(23)21-16(15(17,18)19)27-11-4-2-3-5-12(11)28-16/h2-8H,1H3,(H2,20,21,23). The lowest BCUT2D eigenvalue weighted by Gasteiger charge is -2.29. The molecule has 148 valence electrons. The fourth-order valence-corrected chi connectivity index (χ4v) is 2.39. The zero-order valence-corrected chi connectivity index (χ0v) is 14.1. The van der Waals surface area contributed by atoms with Crippen LogP contribution >= 0.6 is 0 Å². The van der Waals surface area contributed by atoms with Crippen molar-refractivity contribution in [3.05, 3.63) is 52.6 Å². The third-order valence-electron chi connectivity index (χ3n) is 3.65. The number of anilines is 1. The summed E-state index contributed by atoms with van der Waals surface area (Å²) in [5.41, 5.74) is -0.425. The highest BCUT2D eigenvalue weighted by Crippen LogP contribution is 2.45. The summed E-state index contributed by atoms with van der Waals surface area (Å²) in [6.07, 6.45) is -5.12. The van der Waals surface area contributed by atoms with Crippen molar-refractivity contribution in [2.24, 2.45) is 0 Å². The number of rotatable bonds is 4. The van der Waals surface area contributed by atoms with Gasteiger partial charge in [0.2, 0.25) is 0 Å². The Kier molecular flexibility index (Phi) is 4.63. The summed E-state index contributed by atoms with van der Waals surface area (Å²) in [6.45, 7) is 0. The molecule has 0 saturated carbocycles. The molecule has 0 bridgehead atoms. The number of carbonyl (C=O) groups excluding carboxylic acids is 1. The number of urea groups is 1. The summed E-state index contributed by atoms with van der Waals surface area (Å²) in [6, 6.07) is 7.22. The van der Waals surface area contributed by atoms with Crippen LogP contribution in [0, 0.1) is 10.1 Å². The third kappa shape index (κ3) is 3.43. The molecule has 0 saturated heterocycles. The number of fused-ring (bicyclic) bond motifs is 1. The Morgan fingerprint density at radius 2 is 1.79 bits per heavy atom. The lowest BCUT2D eigenvalue weighted by molar-refractivity contribution is -0.384. The maximum absolute atomic E-state index is 13.6. The molecular formula is C16H12F3N3O6. The SMILES string of the molecule is COc1cc([N+](=O)[O-])ccc1NC(=O)NC1(C(F)(F)F)Oc2ccccc2O1. The Balaban J connectivity index is 1.82. The topological polar surface area (TPSA) is 112 Å². The first kappa shape index (κ1) is 19.1. The minimum atomic E-state index is -5.12. The highest BCUT2D eigenvalue weighted by molar-refractivity contribution is 5.91. The molecule has 2 aromatic carbocycles. The second-order valence-electron chi connectivity index (χ2n) is 5.49. The Morgan fingerprint density at radius 3 is 2.29 bits per heavy atom. The smallest absolute Gasteiger partial charge is 0.492 e. The Morgan fingerprint density at radius 1 is 1.18 bits per heavy atom. The molecule has 2 N–H and O–H groups in total. The third-order valence-corrected chi connectivity index (χ3v) is 3.65. The van der Waals surface area contributed by atoms with Gasteiger partial charge in [-0.1, -0.05) is 12.1 Å². The van der Waals surface area contributed by atoms with E-state index < -0.39 is 23.0 Å². The average Bonchev–Trinajstić information content (AvgIpc) is 3.00. The van der Waals surface area contributed by atoms with Crippen molar-refractivity contribution in [2.45, 2.75) is 12.1 Å². The van der Waals surface area contributed by atoms with Gasteiger partial charge in [-0.05, 0) is 18.2 Å². The molecule has 9 nitrogen and oxygen atoms in total. The van der Waals surface area contributed by atoms with Crippen LogP contribution in [0.1, 0.15) is 0 Å². The molecule has 0 radical (unpaired) electrons. The number of para-hydroxylation sites is 2. The van der Waals surface area contributed by atoms with Crippen LogP contribution in [0.4, 0.5) is 29.3 Å². The summed E-state index contributed by atoms with van der Waals surface area (Å²) < 4.78 is 55.3. The van der Waals surface area contributed by atoms with Crippen molar-refractivity contribution in [3.8, 4) is 17.2 Å². The van der Waals surface area contributed by atoms with Gasteiger partial charge in [0.05, 0.1) is 23.8 Å². The van der Waals surface area contributed by atoms with Gasteiger partial charge in [0.25, 0.3) is 5.69 Å². The molecule has 0 unspecified atom stereocenters. The van der Waals surface area contributed by atoms with Crippen molar-refractivity contribution >= 4 is 17.4 Å². The number of nitro benzene ring substituents is 1. The normalized spacial score (nSPS) is 14.3. The van der Waals surface area contributed by atoms with E-state index in [2.05, 4.69) is 5.32 Å². The number of amides is 2. The largest absolute Gasteiger partial charge is 0.494 e. The van der Waals surface area contributed by atoms with Gasteiger partial charge in [-0.2, -0.15) is 13.2 Å². The highest BCUT2D eigenvalue weighted by Gasteiger charge is 2.65. The number of hydrogen-bond donors (Lipinski definition) is 2. The van der Waals surface area contributed by atoms with Crippen molar-refractivity contribution in [1.82, 2.24) is 5.32 Å². The second-order valence-corrected chi connectivity index (χ2v) is 5.49. The van der Waals surface area contributed by atoms with Crippen molar-refractivity contribution < 1.29 is 37.1 Å². The number of carbonyl (C=O) groups is 1. The Bertz CT molecular complexity index is 909. The minimum Gasteiger partial charge on any atom is -0.494 e. The number of non-ortho nitro benzene ring substituents is 1. The molecular weight excluding hydrogens is 387 g/mol. The predicted octanol–water partition coefficient (Wildman–Crippen LogP) is 3.41. The van der Waals surface area contributed by atoms with Gasteiger partial charge in [0.15, 0.2) is 11.5 Å². The molecule has 0 aromatic heterocycles. The molecule has 2 amide bonds. The fraction of sp³-hybridized carbons (Fsp3) is 0.188. The molecule has 1 aliphatic rings. The van der Waals surface area contributed by atoms with Crippen LogP contribution in [0.15, 0.2) is 42.5 Å². The number of ether oxygens (including phenoxy) is 3. The number of methoxy groups -OCH3 is 1. The molecule has 2 aromatic rings. The molecule has 0 atom stereocenters. The van der Waals surface area contributed by atoms with Crippen LogP contribution in [-0.2, 0) is 0 Å².